The molecule has 0 aromatic rings. The first-order chi connectivity index (χ1) is 7.55. The van der Waals surface area contributed by atoms with Gasteiger partial charge in [0.1, 0.15) is 0 Å². The van der Waals surface area contributed by atoms with E-state index in [4.69, 9.17) is 0 Å². The Kier molecular flexibility index (Phi) is 2.23. The van der Waals surface area contributed by atoms with Crippen LogP contribution < -0.4 is 5.32 Å². The number of amides is 1. The Bertz CT molecular complexity index is 306. The van der Waals surface area contributed by atoms with E-state index in [0.29, 0.717) is 12.0 Å². The highest BCUT2D eigenvalue weighted by molar-refractivity contribution is 5.80. The van der Waals surface area contributed by atoms with Crippen LogP contribution in [0, 0.1) is 17.8 Å². The second-order valence-corrected chi connectivity index (χ2v) is 5.67. The summed E-state index contributed by atoms with van der Waals surface area (Å²) < 4.78 is 25.2. The number of hydrogen-bond donors (Lipinski definition) is 1. The SMILES string of the molecule is O=C(N[C@@H]1C[C@H]1C1CCC1)C1CC(F)(F)C1. The second kappa shape index (κ2) is 3.41. The van der Waals surface area contributed by atoms with Gasteiger partial charge in [0.2, 0.25) is 11.8 Å². The molecule has 2 atom stereocenters. The van der Waals surface area contributed by atoms with Crippen molar-refractivity contribution < 1.29 is 13.6 Å². The van der Waals surface area contributed by atoms with Crippen LogP contribution in [0.5, 0.6) is 0 Å². The zero-order valence-electron chi connectivity index (χ0n) is 9.22. The van der Waals surface area contributed by atoms with Gasteiger partial charge in [-0.25, -0.2) is 8.78 Å². The van der Waals surface area contributed by atoms with Gasteiger partial charge < -0.3 is 5.32 Å². The zero-order chi connectivity index (χ0) is 11.3. The topological polar surface area (TPSA) is 29.1 Å². The lowest BCUT2D eigenvalue weighted by atomic mass is 9.80. The maximum Gasteiger partial charge on any atom is 0.249 e. The van der Waals surface area contributed by atoms with Crippen molar-refractivity contribution in [3.8, 4) is 0 Å². The largest absolute Gasteiger partial charge is 0.353 e. The summed E-state index contributed by atoms with van der Waals surface area (Å²) in [5, 5.41) is 2.92. The summed E-state index contributed by atoms with van der Waals surface area (Å²) in [6, 6.07) is 0.298. The molecule has 3 fully saturated rings. The van der Waals surface area contributed by atoms with E-state index in [-0.39, 0.29) is 18.7 Å². The number of rotatable bonds is 3. The molecule has 0 spiro atoms. The summed E-state index contributed by atoms with van der Waals surface area (Å²) in [7, 11) is 0. The van der Waals surface area contributed by atoms with Crippen LogP contribution in [0.15, 0.2) is 0 Å². The van der Waals surface area contributed by atoms with E-state index in [0.717, 1.165) is 12.3 Å². The lowest BCUT2D eigenvalue weighted by Gasteiger charge is -2.34. The fourth-order valence-electron chi connectivity index (χ4n) is 2.92. The van der Waals surface area contributed by atoms with Crippen molar-refractivity contribution in [1.82, 2.24) is 5.32 Å². The predicted octanol–water partition coefficient (Wildman–Crippen LogP) is 2.34. The van der Waals surface area contributed by atoms with Crippen LogP contribution in [-0.2, 0) is 4.79 Å². The number of halogens is 2. The molecule has 2 nitrogen and oxygen atoms in total. The summed E-state index contributed by atoms with van der Waals surface area (Å²) in [6.45, 7) is 0. The lowest BCUT2D eigenvalue weighted by Crippen LogP contribution is -2.46. The summed E-state index contributed by atoms with van der Waals surface area (Å²) in [4.78, 5) is 11.6. The van der Waals surface area contributed by atoms with Gasteiger partial charge in [-0.05, 0) is 18.3 Å². The molecule has 0 radical (unpaired) electrons. The molecule has 1 N–H and O–H groups in total. The average Bonchev–Trinajstić information content (AvgIpc) is 2.76. The molecule has 4 heteroatoms. The van der Waals surface area contributed by atoms with Crippen molar-refractivity contribution >= 4 is 5.91 Å². The number of hydrogen-bond acceptors (Lipinski definition) is 1. The van der Waals surface area contributed by atoms with Gasteiger partial charge in [-0.1, -0.05) is 19.3 Å². The highest BCUT2D eigenvalue weighted by Gasteiger charge is 2.51. The zero-order valence-corrected chi connectivity index (χ0v) is 9.22. The monoisotopic (exact) mass is 229 g/mol. The van der Waals surface area contributed by atoms with Gasteiger partial charge in [0, 0.05) is 24.8 Å². The first-order valence-electron chi connectivity index (χ1n) is 6.23. The van der Waals surface area contributed by atoms with E-state index in [2.05, 4.69) is 5.32 Å². The van der Waals surface area contributed by atoms with E-state index < -0.39 is 11.8 Å². The fourth-order valence-corrected chi connectivity index (χ4v) is 2.92. The van der Waals surface area contributed by atoms with Crippen LogP contribution in [0.1, 0.15) is 38.5 Å². The van der Waals surface area contributed by atoms with Crippen molar-refractivity contribution in [3.05, 3.63) is 0 Å². The summed E-state index contributed by atoms with van der Waals surface area (Å²) in [5.74, 6) is -1.71. The number of carbonyl (C=O) groups excluding carboxylic acids is 1. The van der Waals surface area contributed by atoms with Gasteiger partial charge in [0.25, 0.3) is 0 Å². The van der Waals surface area contributed by atoms with Gasteiger partial charge in [0.15, 0.2) is 0 Å². The van der Waals surface area contributed by atoms with E-state index in [1.165, 1.54) is 19.3 Å². The molecule has 0 aromatic heterocycles. The molecule has 90 valence electrons. The Morgan fingerprint density at radius 2 is 1.94 bits per heavy atom. The van der Waals surface area contributed by atoms with Crippen molar-refractivity contribution in [3.63, 3.8) is 0 Å². The Hall–Kier alpha value is -0.670. The Labute approximate surface area is 93.8 Å². The third-order valence-electron chi connectivity index (χ3n) is 4.38. The smallest absolute Gasteiger partial charge is 0.249 e. The van der Waals surface area contributed by atoms with Gasteiger partial charge in [-0.2, -0.15) is 0 Å². The molecule has 3 rings (SSSR count). The molecule has 3 saturated carbocycles. The van der Waals surface area contributed by atoms with E-state index >= 15 is 0 Å². The molecule has 0 aliphatic heterocycles. The van der Waals surface area contributed by atoms with Crippen LogP contribution in [0.2, 0.25) is 0 Å². The number of carbonyl (C=O) groups is 1. The molecule has 0 heterocycles. The minimum atomic E-state index is -2.58. The molecule has 1 amide bonds. The summed E-state index contributed by atoms with van der Waals surface area (Å²) >= 11 is 0. The molecular weight excluding hydrogens is 212 g/mol. The molecule has 0 unspecified atom stereocenters. The molecular formula is C12H17F2NO. The minimum absolute atomic E-state index is 0.141. The maximum absolute atomic E-state index is 12.6. The highest BCUT2D eigenvalue weighted by atomic mass is 19.3. The first-order valence-corrected chi connectivity index (χ1v) is 6.23. The third kappa shape index (κ3) is 1.82. The normalized spacial score (nSPS) is 37.4. The van der Waals surface area contributed by atoms with Gasteiger partial charge in [0.05, 0.1) is 0 Å². The van der Waals surface area contributed by atoms with Gasteiger partial charge >= 0.3 is 0 Å². The highest BCUT2D eigenvalue weighted by Crippen LogP contribution is 2.48. The predicted molar refractivity (Wildman–Crippen MR) is 55.0 cm³/mol. The van der Waals surface area contributed by atoms with Crippen LogP contribution in [0.4, 0.5) is 8.78 Å². The van der Waals surface area contributed by atoms with E-state index in [9.17, 15) is 13.6 Å². The fraction of sp³-hybridized carbons (Fsp3) is 0.917. The van der Waals surface area contributed by atoms with E-state index in [1.807, 2.05) is 0 Å². The van der Waals surface area contributed by atoms with Gasteiger partial charge in [-0.3, -0.25) is 4.79 Å². The first kappa shape index (κ1) is 10.5. The molecule has 3 aliphatic rings. The van der Waals surface area contributed by atoms with Crippen LogP contribution in [-0.4, -0.2) is 17.9 Å². The molecule has 3 aliphatic carbocycles. The van der Waals surface area contributed by atoms with Crippen LogP contribution in [0.3, 0.4) is 0 Å². The molecule has 0 aromatic carbocycles. The minimum Gasteiger partial charge on any atom is -0.353 e. The number of alkyl halides is 2. The van der Waals surface area contributed by atoms with Crippen molar-refractivity contribution in [2.45, 2.75) is 50.5 Å². The lowest BCUT2D eigenvalue weighted by molar-refractivity contribution is -0.150. The van der Waals surface area contributed by atoms with E-state index in [1.54, 1.807) is 0 Å². The maximum atomic E-state index is 12.6. The standard InChI is InChI=1S/C12H17F2NO/c13-12(14)5-8(6-12)11(16)15-10-4-9(10)7-2-1-3-7/h7-10H,1-6H2,(H,15,16)/t9-,10+/m0/s1. The van der Waals surface area contributed by atoms with Gasteiger partial charge in [-0.15, -0.1) is 0 Å². The quantitative estimate of drug-likeness (QED) is 0.790. The van der Waals surface area contributed by atoms with Crippen LogP contribution >= 0.6 is 0 Å². The summed E-state index contributed by atoms with van der Waals surface area (Å²) in [6.07, 6.45) is 4.46. The Balaban J connectivity index is 1.41. The number of nitrogens with one attached hydrogen (secondary N) is 1. The van der Waals surface area contributed by atoms with Crippen molar-refractivity contribution in [1.29, 1.82) is 0 Å². The summed E-state index contributed by atoms with van der Waals surface area (Å²) in [5.41, 5.74) is 0. The van der Waals surface area contributed by atoms with Crippen LogP contribution in [0.25, 0.3) is 0 Å². The molecule has 0 saturated heterocycles. The van der Waals surface area contributed by atoms with Crippen molar-refractivity contribution in [2.24, 2.45) is 17.8 Å². The second-order valence-electron chi connectivity index (χ2n) is 5.67. The van der Waals surface area contributed by atoms with Crippen molar-refractivity contribution in [2.75, 3.05) is 0 Å². The molecule has 0 bridgehead atoms. The average molecular weight is 229 g/mol. The molecule has 16 heavy (non-hydrogen) atoms. The Morgan fingerprint density at radius 3 is 2.44 bits per heavy atom. The third-order valence-corrected chi connectivity index (χ3v) is 4.38. The Morgan fingerprint density at radius 1 is 1.25 bits per heavy atom.